The highest BCUT2D eigenvalue weighted by Gasteiger charge is 2.14. The minimum Gasteiger partial charge on any atom is -0.506 e. The lowest BCUT2D eigenvalue weighted by atomic mass is 10.1. The maximum absolute atomic E-state index is 11.4. The molecule has 0 aliphatic carbocycles. The summed E-state index contributed by atoms with van der Waals surface area (Å²) in [4.78, 5) is 21.7. The third kappa shape index (κ3) is 3.04. The van der Waals surface area contributed by atoms with Gasteiger partial charge in [-0.1, -0.05) is 0 Å². The average molecular weight is 338 g/mol. The van der Waals surface area contributed by atoms with Crippen LogP contribution in [0.25, 0.3) is 0 Å². The Balaban J connectivity index is 3.06. The summed E-state index contributed by atoms with van der Waals surface area (Å²) in [5.41, 5.74) is 0.231. The maximum Gasteiger partial charge on any atom is 0.311 e. The molecule has 4 nitrogen and oxygen atoms in total. The van der Waals surface area contributed by atoms with Crippen LogP contribution in [0.2, 0.25) is 0 Å². The van der Waals surface area contributed by atoms with Gasteiger partial charge < -0.3 is 10.2 Å². The van der Waals surface area contributed by atoms with Gasteiger partial charge in [0.1, 0.15) is 12.2 Å². The second-order valence-corrected chi connectivity index (χ2v) is 4.49. The number of aromatic hydroxyl groups is 1. The zero-order valence-corrected chi connectivity index (χ0v) is 10.5. The smallest absolute Gasteiger partial charge is 0.311 e. The predicted molar refractivity (Wildman–Crippen MR) is 60.1 cm³/mol. The van der Waals surface area contributed by atoms with Crippen LogP contribution in [-0.2, 0) is 4.79 Å². The van der Waals surface area contributed by atoms with Crippen LogP contribution in [0.5, 0.6) is 5.75 Å². The molecule has 0 saturated heterocycles. The van der Waals surface area contributed by atoms with Gasteiger partial charge in [-0.2, -0.15) is 0 Å². The van der Waals surface area contributed by atoms with Gasteiger partial charge >= 0.3 is 5.97 Å². The quantitative estimate of drug-likeness (QED) is 0.656. The fourth-order valence-electron chi connectivity index (χ4n) is 0.966. The molecule has 0 atom stereocenters. The van der Waals surface area contributed by atoms with Crippen molar-refractivity contribution in [2.75, 3.05) is 0 Å². The van der Waals surface area contributed by atoms with Crippen LogP contribution >= 0.6 is 31.9 Å². The van der Waals surface area contributed by atoms with E-state index in [4.69, 9.17) is 5.11 Å². The van der Waals surface area contributed by atoms with Crippen LogP contribution in [0.4, 0.5) is 0 Å². The highest BCUT2D eigenvalue weighted by molar-refractivity contribution is 9.11. The first-order chi connectivity index (χ1) is 6.91. The number of carbonyl (C=O) groups is 2. The number of carbonyl (C=O) groups excluding carboxylic acids is 1. The van der Waals surface area contributed by atoms with Crippen molar-refractivity contribution < 1.29 is 19.8 Å². The van der Waals surface area contributed by atoms with E-state index < -0.39 is 18.2 Å². The number of carboxylic acid groups (broad SMARTS) is 1. The molecule has 80 valence electrons. The Hall–Kier alpha value is -0.880. The van der Waals surface area contributed by atoms with E-state index in [1.807, 2.05) is 0 Å². The Morgan fingerprint density at radius 3 is 2.07 bits per heavy atom. The standard InChI is InChI=1S/C9H6Br2O4/c10-5-1-4(2-6(11)9(5)15)7(12)3-8(13)14/h1-2,15H,3H2,(H,13,14). The van der Waals surface area contributed by atoms with E-state index >= 15 is 0 Å². The maximum atomic E-state index is 11.4. The molecule has 0 radical (unpaired) electrons. The summed E-state index contributed by atoms with van der Waals surface area (Å²) < 4.78 is 0.677. The number of benzene rings is 1. The number of hydrogen-bond acceptors (Lipinski definition) is 3. The summed E-state index contributed by atoms with van der Waals surface area (Å²) in [6.07, 6.45) is -0.566. The first-order valence-corrected chi connectivity index (χ1v) is 5.43. The summed E-state index contributed by atoms with van der Waals surface area (Å²) in [5.74, 6) is -1.72. The van der Waals surface area contributed by atoms with Crippen LogP contribution < -0.4 is 0 Å². The van der Waals surface area contributed by atoms with E-state index in [1.165, 1.54) is 12.1 Å². The normalized spacial score (nSPS) is 10.0. The first-order valence-electron chi connectivity index (χ1n) is 3.85. The lowest BCUT2D eigenvalue weighted by molar-refractivity contribution is -0.135. The van der Waals surface area contributed by atoms with Crippen LogP contribution in [0.3, 0.4) is 0 Å². The van der Waals surface area contributed by atoms with Gasteiger partial charge in [-0.15, -0.1) is 0 Å². The van der Waals surface area contributed by atoms with Gasteiger partial charge in [-0.05, 0) is 44.0 Å². The van der Waals surface area contributed by atoms with Crippen LogP contribution in [0.15, 0.2) is 21.1 Å². The predicted octanol–water partition coefficient (Wildman–Crippen LogP) is 2.57. The van der Waals surface area contributed by atoms with E-state index in [2.05, 4.69) is 31.9 Å². The molecule has 0 spiro atoms. The summed E-state index contributed by atoms with van der Waals surface area (Å²) >= 11 is 6.10. The molecule has 0 heterocycles. The van der Waals surface area contributed by atoms with Crippen molar-refractivity contribution >= 4 is 43.6 Å². The van der Waals surface area contributed by atoms with Gasteiger partial charge in [-0.25, -0.2) is 0 Å². The average Bonchev–Trinajstić information content (AvgIpc) is 2.12. The molecule has 0 aromatic heterocycles. The number of carboxylic acids is 1. The number of phenols is 1. The largest absolute Gasteiger partial charge is 0.506 e. The number of aliphatic carboxylic acids is 1. The second kappa shape index (κ2) is 4.76. The number of phenolic OH excluding ortho intramolecular Hbond substituents is 1. The third-order valence-corrected chi connectivity index (χ3v) is 2.86. The zero-order chi connectivity index (χ0) is 11.6. The number of rotatable bonds is 3. The monoisotopic (exact) mass is 336 g/mol. The number of halogens is 2. The van der Waals surface area contributed by atoms with Gasteiger partial charge in [-0.3, -0.25) is 9.59 Å². The Morgan fingerprint density at radius 2 is 1.67 bits per heavy atom. The lowest BCUT2D eigenvalue weighted by Crippen LogP contribution is -2.06. The van der Waals surface area contributed by atoms with Gasteiger partial charge in [0.05, 0.1) is 8.95 Å². The molecule has 0 amide bonds. The van der Waals surface area contributed by atoms with E-state index in [0.29, 0.717) is 8.95 Å². The molecule has 1 aromatic carbocycles. The molecule has 15 heavy (non-hydrogen) atoms. The number of hydrogen-bond donors (Lipinski definition) is 2. The van der Waals surface area contributed by atoms with Gasteiger partial charge in [0.15, 0.2) is 5.78 Å². The molecule has 1 rings (SSSR count). The Labute approximate surface area is 102 Å². The van der Waals surface area contributed by atoms with E-state index in [9.17, 15) is 14.7 Å². The highest BCUT2D eigenvalue weighted by Crippen LogP contribution is 2.33. The summed E-state index contributed by atoms with van der Waals surface area (Å²) in [7, 11) is 0. The van der Waals surface area contributed by atoms with Crippen LogP contribution in [-0.4, -0.2) is 22.0 Å². The number of ketones is 1. The van der Waals surface area contributed by atoms with Crippen molar-refractivity contribution in [2.45, 2.75) is 6.42 Å². The molecular weight excluding hydrogens is 332 g/mol. The van der Waals surface area contributed by atoms with Gasteiger partial charge in [0.25, 0.3) is 0 Å². The molecule has 2 N–H and O–H groups in total. The highest BCUT2D eigenvalue weighted by atomic mass is 79.9. The van der Waals surface area contributed by atoms with Crippen LogP contribution in [0, 0.1) is 0 Å². The Bertz CT molecular complexity index is 405. The molecule has 0 saturated carbocycles. The van der Waals surface area contributed by atoms with Crippen molar-refractivity contribution in [3.8, 4) is 5.75 Å². The van der Waals surface area contributed by atoms with Crippen molar-refractivity contribution in [2.24, 2.45) is 0 Å². The minimum absolute atomic E-state index is 0.0260. The van der Waals surface area contributed by atoms with Gasteiger partial charge in [0.2, 0.25) is 0 Å². The van der Waals surface area contributed by atoms with E-state index in [-0.39, 0.29) is 11.3 Å². The molecule has 0 aliphatic heterocycles. The Morgan fingerprint density at radius 1 is 1.20 bits per heavy atom. The summed E-state index contributed by atoms with van der Waals surface area (Å²) in [6.45, 7) is 0. The number of Topliss-reactive ketones (excluding diaryl/α,β-unsaturated/α-hetero) is 1. The minimum atomic E-state index is -1.18. The van der Waals surface area contributed by atoms with E-state index in [1.54, 1.807) is 0 Å². The topological polar surface area (TPSA) is 74.6 Å². The molecule has 0 fully saturated rings. The summed E-state index contributed by atoms with van der Waals surface area (Å²) in [6, 6.07) is 2.76. The van der Waals surface area contributed by atoms with Crippen molar-refractivity contribution in [3.63, 3.8) is 0 Å². The first kappa shape index (κ1) is 12.2. The van der Waals surface area contributed by atoms with Crippen molar-refractivity contribution in [3.05, 3.63) is 26.6 Å². The van der Waals surface area contributed by atoms with Gasteiger partial charge in [0, 0.05) is 5.56 Å². The molecule has 6 heteroatoms. The fourth-order valence-corrected chi connectivity index (χ4v) is 2.15. The second-order valence-electron chi connectivity index (χ2n) is 2.78. The molecule has 0 aliphatic rings. The molecule has 0 unspecified atom stereocenters. The van der Waals surface area contributed by atoms with Crippen molar-refractivity contribution in [1.29, 1.82) is 0 Å². The van der Waals surface area contributed by atoms with Crippen LogP contribution in [0.1, 0.15) is 16.8 Å². The SMILES string of the molecule is O=C(O)CC(=O)c1cc(Br)c(O)c(Br)c1. The fraction of sp³-hybridized carbons (Fsp3) is 0.111. The lowest BCUT2D eigenvalue weighted by Gasteiger charge is -2.03. The van der Waals surface area contributed by atoms with E-state index in [0.717, 1.165) is 0 Å². The molecular formula is C9H6Br2O4. The molecule has 1 aromatic rings. The zero-order valence-electron chi connectivity index (χ0n) is 7.33. The summed E-state index contributed by atoms with van der Waals surface area (Å²) in [5, 5.41) is 17.8. The Kier molecular flexibility index (Phi) is 3.87. The molecule has 0 bridgehead atoms. The third-order valence-electron chi connectivity index (χ3n) is 1.65. The van der Waals surface area contributed by atoms with Crippen molar-refractivity contribution in [1.82, 2.24) is 0 Å².